The molecule has 0 amide bonds. The van der Waals surface area contributed by atoms with Crippen LogP contribution in [0.4, 0.5) is 11.4 Å². The molecule has 0 aliphatic carbocycles. The Hall–Kier alpha value is -2.11. The van der Waals surface area contributed by atoms with Gasteiger partial charge < -0.3 is 10.0 Å². The molecule has 1 aromatic carbocycles. The van der Waals surface area contributed by atoms with E-state index in [0.717, 1.165) is 25.5 Å². The van der Waals surface area contributed by atoms with Gasteiger partial charge in [0.15, 0.2) is 0 Å². The number of carbonyl (C=O) groups is 1. The molecule has 1 aliphatic heterocycles. The summed E-state index contributed by atoms with van der Waals surface area (Å²) in [5.41, 5.74) is 1.06. The average Bonchev–Trinajstić information content (AvgIpc) is 2.87. The summed E-state index contributed by atoms with van der Waals surface area (Å²) in [6, 6.07) is 3.00. The number of hydrogen-bond donors (Lipinski definition) is 1. The van der Waals surface area contributed by atoms with Crippen LogP contribution in [0.2, 0.25) is 0 Å². The standard InChI is InChI=1S/C15H20N2O4/c1-9(2)12-5-4-6-16(12)13-7-11(15(18)19)8-14(10(13)3)17(20)21/h7-9,12H,4-6H2,1-3H3,(H,18,19). The summed E-state index contributed by atoms with van der Waals surface area (Å²) in [6.45, 7) is 6.74. The van der Waals surface area contributed by atoms with Crippen molar-refractivity contribution in [2.24, 2.45) is 5.92 Å². The smallest absolute Gasteiger partial charge is 0.336 e. The highest BCUT2D eigenvalue weighted by Gasteiger charge is 2.31. The van der Waals surface area contributed by atoms with E-state index in [1.807, 2.05) is 0 Å². The number of carboxylic acids is 1. The van der Waals surface area contributed by atoms with E-state index in [4.69, 9.17) is 0 Å². The molecule has 6 heteroatoms. The summed E-state index contributed by atoms with van der Waals surface area (Å²) in [4.78, 5) is 24.0. The molecular formula is C15H20N2O4. The van der Waals surface area contributed by atoms with Crippen molar-refractivity contribution in [3.63, 3.8) is 0 Å². The van der Waals surface area contributed by atoms with Gasteiger partial charge in [0.25, 0.3) is 5.69 Å². The molecule has 1 heterocycles. The van der Waals surface area contributed by atoms with Gasteiger partial charge in [-0.3, -0.25) is 10.1 Å². The maximum absolute atomic E-state index is 11.2. The van der Waals surface area contributed by atoms with Gasteiger partial charge >= 0.3 is 5.97 Å². The summed E-state index contributed by atoms with van der Waals surface area (Å²) in [5, 5.41) is 20.4. The maximum Gasteiger partial charge on any atom is 0.336 e. The third-order valence-corrected chi connectivity index (χ3v) is 4.17. The molecule has 2 rings (SSSR count). The highest BCUT2D eigenvalue weighted by Crippen LogP contribution is 2.36. The van der Waals surface area contributed by atoms with Gasteiger partial charge in [-0.1, -0.05) is 13.8 Å². The predicted molar refractivity (Wildman–Crippen MR) is 80.0 cm³/mol. The molecular weight excluding hydrogens is 272 g/mol. The lowest BCUT2D eigenvalue weighted by atomic mass is 10.00. The minimum atomic E-state index is -1.14. The lowest BCUT2D eigenvalue weighted by molar-refractivity contribution is -0.385. The predicted octanol–water partition coefficient (Wildman–Crippen LogP) is 3.23. The van der Waals surface area contributed by atoms with Gasteiger partial charge in [-0.15, -0.1) is 0 Å². The van der Waals surface area contributed by atoms with Crippen LogP contribution in [0.3, 0.4) is 0 Å². The Morgan fingerprint density at radius 2 is 2.14 bits per heavy atom. The van der Waals surface area contributed by atoms with Crippen LogP contribution in [0.25, 0.3) is 0 Å². The fourth-order valence-electron chi connectivity index (χ4n) is 3.08. The number of aromatic carboxylic acids is 1. The first-order valence-corrected chi connectivity index (χ1v) is 7.12. The number of rotatable bonds is 4. The maximum atomic E-state index is 11.2. The van der Waals surface area contributed by atoms with Gasteiger partial charge in [-0.2, -0.15) is 0 Å². The number of anilines is 1. The molecule has 0 saturated carbocycles. The molecule has 21 heavy (non-hydrogen) atoms. The summed E-state index contributed by atoms with van der Waals surface area (Å²) >= 11 is 0. The van der Waals surface area contributed by atoms with Gasteiger partial charge in [0.1, 0.15) is 0 Å². The molecule has 1 atom stereocenters. The van der Waals surface area contributed by atoms with E-state index in [-0.39, 0.29) is 11.3 Å². The van der Waals surface area contributed by atoms with Gasteiger partial charge in [0.05, 0.1) is 16.1 Å². The first kappa shape index (κ1) is 15.3. The molecule has 0 spiro atoms. The van der Waals surface area contributed by atoms with Crippen LogP contribution in [0.1, 0.15) is 42.6 Å². The third kappa shape index (κ3) is 2.84. The lowest BCUT2D eigenvalue weighted by Crippen LogP contribution is -2.34. The third-order valence-electron chi connectivity index (χ3n) is 4.17. The van der Waals surface area contributed by atoms with E-state index >= 15 is 0 Å². The number of benzene rings is 1. The highest BCUT2D eigenvalue weighted by atomic mass is 16.6. The number of carboxylic acid groups (broad SMARTS) is 1. The first-order valence-electron chi connectivity index (χ1n) is 7.12. The Kier molecular flexibility index (Phi) is 4.16. The Morgan fingerprint density at radius 3 is 2.67 bits per heavy atom. The van der Waals surface area contributed by atoms with Crippen molar-refractivity contribution in [3.05, 3.63) is 33.4 Å². The fraction of sp³-hybridized carbons (Fsp3) is 0.533. The van der Waals surface area contributed by atoms with Crippen LogP contribution in [0.5, 0.6) is 0 Å². The van der Waals surface area contributed by atoms with Crippen LogP contribution >= 0.6 is 0 Å². The van der Waals surface area contributed by atoms with E-state index in [1.165, 1.54) is 0 Å². The average molecular weight is 292 g/mol. The normalized spacial score (nSPS) is 18.3. The quantitative estimate of drug-likeness (QED) is 0.680. The van der Waals surface area contributed by atoms with Crippen LogP contribution in [-0.4, -0.2) is 28.6 Å². The zero-order chi connectivity index (χ0) is 15.7. The topological polar surface area (TPSA) is 83.7 Å². The molecule has 1 unspecified atom stereocenters. The molecule has 0 aromatic heterocycles. The molecule has 0 radical (unpaired) electrons. The Balaban J connectivity index is 2.56. The van der Waals surface area contributed by atoms with E-state index in [2.05, 4.69) is 18.7 Å². The van der Waals surface area contributed by atoms with Gasteiger partial charge in [0.2, 0.25) is 0 Å². The second-order valence-corrected chi connectivity index (χ2v) is 5.85. The second-order valence-electron chi connectivity index (χ2n) is 5.85. The molecule has 1 saturated heterocycles. The van der Waals surface area contributed by atoms with E-state index < -0.39 is 10.9 Å². The first-order chi connectivity index (χ1) is 9.82. The summed E-state index contributed by atoms with van der Waals surface area (Å²) < 4.78 is 0. The van der Waals surface area contributed by atoms with Crippen molar-refractivity contribution in [3.8, 4) is 0 Å². The molecule has 1 N–H and O–H groups in total. The monoisotopic (exact) mass is 292 g/mol. The number of hydrogen-bond acceptors (Lipinski definition) is 4. The van der Waals surface area contributed by atoms with E-state index in [1.54, 1.807) is 13.0 Å². The minimum absolute atomic E-state index is 0.0308. The zero-order valence-corrected chi connectivity index (χ0v) is 12.5. The molecule has 0 bridgehead atoms. The van der Waals surface area contributed by atoms with Crippen molar-refractivity contribution in [2.45, 2.75) is 39.7 Å². The second kappa shape index (κ2) is 5.71. The SMILES string of the molecule is Cc1c(N2CCCC2C(C)C)cc(C(=O)O)cc1[N+](=O)[O-]. The Labute approximate surface area is 123 Å². The summed E-state index contributed by atoms with van der Waals surface area (Å²) in [7, 11) is 0. The Morgan fingerprint density at radius 1 is 1.48 bits per heavy atom. The largest absolute Gasteiger partial charge is 0.478 e. The molecule has 1 aliphatic rings. The van der Waals surface area contributed by atoms with Crippen molar-refractivity contribution in [2.75, 3.05) is 11.4 Å². The molecule has 6 nitrogen and oxygen atoms in total. The van der Waals surface area contributed by atoms with E-state index in [0.29, 0.717) is 23.2 Å². The van der Waals surface area contributed by atoms with Crippen molar-refractivity contribution in [1.29, 1.82) is 0 Å². The van der Waals surface area contributed by atoms with Crippen LogP contribution in [-0.2, 0) is 0 Å². The van der Waals surface area contributed by atoms with E-state index in [9.17, 15) is 20.0 Å². The van der Waals surface area contributed by atoms with Crippen LogP contribution < -0.4 is 4.90 Å². The van der Waals surface area contributed by atoms with Crippen molar-refractivity contribution >= 4 is 17.3 Å². The van der Waals surface area contributed by atoms with Gasteiger partial charge in [-0.05, 0) is 31.7 Å². The van der Waals surface area contributed by atoms with Crippen LogP contribution in [0, 0.1) is 23.0 Å². The number of nitro benzene ring substituents is 1. The summed E-state index contributed by atoms with van der Waals surface area (Å²) in [5.74, 6) is -0.723. The zero-order valence-electron chi connectivity index (χ0n) is 12.5. The van der Waals surface area contributed by atoms with Gasteiger partial charge in [0, 0.05) is 24.3 Å². The number of nitrogens with zero attached hydrogens (tertiary/aromatic N) is 2. The van der Waals surface area contributed by atoms with Crippen LogP contribution in [0.15, 0.2) is 12.1 Å². The fourth-order valence-corrected chi connectivity index (χ4v) is 3.08. The highest BCUT2D eigenvalue weighted by molar-refractivity contribution is 5.90. The van der Waals surface area contributed by atoms with Crippen molar-refractivity contribution in [1.82, 2.24) is 0 Å². The molecule has 1 fully saturated rings. The number of nitro groups is 1. The summed E-state index contributed by atoms with van der Waals surface area (Å²) in [6.07, 6.45) is 2.05. The molecule has 114 valence electrons. The lowest BCUT2D eigenvalue weighted by Gasteiger charge is -2.31. The van der Waals surface area contributed by atoms with Gasteiger partial charge in [-0.25, -0.2) is 4.79 Å². The van der Waals surface area contributed by atoms with Crippen molar-refractivity contribution < 1.29 is 14.8 Å². The Bertz CT molecular complexity index is 583. The minimum Gasteiger partial charge on any atom is -0.478 e. The molecule has 1 aromatic rings.